The normalized spacial score (nSPS) is 13.8. The Bertz CT molecular complexity index is 602. The highest BCUT2D eigenvalue weighted by Gasteiger charge is 2.23. The molecule has 0 aliphatic carbocycles. The van der Waals surface area contributed by atoms with Crippen LogP contribution < -0.4 is 5.32 Å². The van der Waals surface area contributed by atoms with E-state index >= 15 is 0 Å². The first kappa shape index (κ1) is 14.9. The summed E-state index contributed by atoms with van der Waals surface area (Å²) in [5.74, 6) is -1.36. The Morgan fingerprint density at radius 3 is 2.45 bits per heavy atom. The average molecular weight is 342 g/mol. The second-order valence-electron chi connectivity index (χ2n) is 4.74. The van der Waals surface area contributed by atoms with Crippen molar-refractivity contribution in [2.75, 3.05) is 11.9 Å². The van der Waals surface area contributed by atoms with Crippen LogP contribution in [0.15, 0.2) is 46.9 Å². The smallest absolute Gasteiger partial charge is 0.149 e. The molecule has 2 rings (SSSR count). The van der Waals surface area contributed by atoms with Gasteiger partial charge in [-0.1, -0.05) is 30.3 Å². The van der Waals surface area contributed by atoms with Crippen LogP contribution in [-0.2, 0) is 5.60 Å². The Morgan fingerprint density at radius 1 is 1.15 bits per heavy atom. The van der Waals surface area contributed by atoms with Gasteiger partial charge in [0.05, 0.1) is 10.2 Å². The van der Waals surface area contributed by atoms with E-state index in [4.69, 9.17) is 0 Å². The molecule has 1 unspecified atom stereocenters. The van der Waals surface area contributed by atoms with Crippen LogP contribution in [0, 0.1) is 11.6 Å². The summed E-state index contributed by atoms with van der Waals surface area (Å²) in [5.41, 5.74) is -0.308. The topological polar surface area (TPSA) is 32.3 Å². The van der Waals surface area contributed by atoms with Crippen LogP contribution in [-0.4, -0.2) is 11.7 Å². The molecule has 0 aromatic heterocycles. The van der Waals surface area contributed by atoms with Crippen LogP contribution in [0.25, 0.3) is 0 Å². The second kappa shape index (κ2) is 5.89. The maximum absolute atomic E-state index is 13.6. The van der Waals surface area contributed by atoms with Crippen LogP contribution in [0.5, 0.6) is 0 Å². The van der Waals surface area contributed by atoms with E-state index in [1.54, 1.807) is 19.1 Å². The van der Waals surface area contributed by atoms with Crippen molar-refractivity contribution >= 4 is 21.6 Å². The van der Waals surface area contributed by atoms with Gasteiger partial charge in [0.2, 0.25) is 0 Å². The largest absolute Gasteiger partial charge is 0.384 e. The Labute approximate surface area is 124 Å². The van der Waals surface area contributed by atoms with Gasteiger partial charge >= 0.3 is 0 Å². The molecule has 2 aromatic carbocycles. The number of hydrogen-bond acceptors (Lipinski definition) is 2. The molecular formula is C15H14BrF2NO. The van der Waals surface area contributed by atoms with Gasteiger partial charge in [-0.3, -0.25) is 0 Å². The van der Waals surface area contributed by atoms with E-state index in [1.165, 1.54) is 6.07 Å². The summed E-state index contributed by atoms with van der Waals surface area (Å²) in [6.07, 6.45) is 0. The molecule has 5 heteroatoms. The lowest BCUT2D eigenvalue weighted by Gasteiger charge is -2.25. The van der Waals surface area contributed by atoms with Crippen molar-refractivity contribution in [1.82, 2.24) is 0 Å². The maximum atomic E-state index is 13.6. The molecular weight excluding hydrogens is 328 g/mol. The third-order valence-electron chi connectivity index (χ3n) is 3.03. The summed E-state index contributed by atoms with van der Waals surface area (Å²) in [5, 5.41) is 13.2. The first-order valence-corrected chi connectivity index (χ1v) is 6.86. The predicted molar refractivity (Wildman–Crippen MR) is 78.6 cm³/mol. The summed E-state index contributed by atoms with van der Waals surface area (Å²) in [7, 11) is 0. The van der Waals surface area contributed by atoms with Crippen molar-refractivity contribution in [3.63, 3.8) is 0 Å². The fourth-order valence-electron chi connectivity index (χ4n) is 1.82. The van der Waals surface area contributed by atoms with Gasteiger partial charge in [-0.05, 0) is 34.5 Å². The minimum Gasteiger partial charge on any atom is -0.384 e. The summed E-state index contributed by atoms with van der Waals surface area (Å²) < 4.78 is 26.9. The molecule has 0 bridgehead atoms. The lowest BCUT2D eigenvalue weighted by molar-refractivity contribution is 0.0715. The lowest BCUT2D eigenvalue weighted by Crippen LogP contribution is -2.30. The molecule has 2 N–H and O–H groups in total. The van der Waals surface area contributed by atoms with Crippen LogP contribution in [0.2, 0.25) is 0 Å². The first-order valence-electron chi connectivity index (χ1n) is 6.06. The zero-order valence-electron chi connectivity index (χ0n) is 10.8. The third-order valence-corrected chi connectivity index (χ3v) is 3.64. The van der Waals surface area contributed by atoms with E-state index in [9.17, 15) is 13.9 Å². The molecule has 0 radical (unpaired) electrons. The fraction of sp³-hybridized carbons (Fsp3) is 0.200. The van der Waals surface area contributed by atoms with Crippen molar-refractivity contribution in [2.24, 2.45) is 0 Å². The van der Waals surface area contributed by atoms with Crippen molar-refractivity contribution in [2.45, 2.75) is 12.5 Å². The minimum atomic E-state index is -1.16. The Morgan fingerprint density at radius 2 is 1.80 bits per heavy atom. The quantitative estimate of drug-likeness (QED) is 0.822. The summed E-state index contributed by atoms with van der Waals surface area (Å²) in [4.78, 5) is 0. The van der Waals surface area contributed by atoms with Crippen LogP contribution in [0.4, 0.5) is 14.5 Å². The number of aliphatic hydroxyl groups is 1. The van der Waals surface area contributed by atoms with Crippen molar-refractivity contribution in [1.29, 1.82) is 0 Å². The highest BCUT2D eigenvalue weighted by molar-refractivity contribution is 9.10. The van der Waals surface area contributed by atoms with Gasteiger partial charge in [0.1, 0.15) is 17.2 Å². The van der Waals surface area contributed by atoms with Crippen LogP contribution in [0.3, 0.4) is 0 Å². The van der Waals surface area contributed by atoms with E-state index < -0.39 is 17.2 Å². The second-order valence-corrected chi connectivity index (χ2v) is 5.59. The number of halogens is 3. The molecule has 0 spiro atoms. The Hall–Kier alpha value is -1.46. The summed E-state index contributed by atoms with van der Waals surface area (Å²) in [6.45, 7) is 1.73. The molecule has 0 aliphatic rings. The number of anilines is 1. The van der Waals surface area contributed by atoms with Gasteiger partial charge in [0.15, 0.2) is 0 Å². The molecule has 1 atom stereocenters. The molecule has 0 amide bonds. The molecule has 2 nitrogen and oxygen atoms in total. The van der Waals surface area contributed by atoms with Crippen LogP contribution in [0.1, 0.15) is 12.5 Å². The summed E-state index contributed by atoms with van der Waals surface area (Å²) >= 11 is 3.00. The molecule has 0 heterocycles. The van der Waals surface area contributed by atoms with Crippen LogP contribution >= 0.6 is 15.9 Å². The van der Waals surface area contributed by atoms with E-state index in [-0.39, 0.29) is 16.7 Å². The zero-order valence-corrected chi connectivity index (χ0v) is 12.4. The summed E-state index contributed by atoms with van der Waals surface area (Å²) in [6, 6.07) is 11.2. The van der Waals surface area contributed by atoms with Gasteiger partial charge in [-0.2, -0.15) is 0 Å². The molecule has 2 aromatic rings. The van der Waals surface area contributed by atoms with E-state index in [2.05, 4.69) is 21.2 Å². The minimum absolute atomic E-state index is 0.103. The molecule has 106 valence electrons. The standard InChI is InChI=1S/C15H14BrF2NO/c1-15(20,10-5-3-2-4-6-10)9-19-14-7-11(16)12(17)8-13(14)18/h2-8,19-20H,9H2,1H3. The highest BCUT2D eigenvalue weighted by Crippen LogP contribution is 2.26. The number of benzene rings is 2. The number of hydrogen-bond donors (Lipinski definition) is 2. The SMILES string of the molecule is CC(O)(CNc1cc(Br)c(F)cc1F)c1ccccc1. The first-order chi connectivity index (χ1) is 9.40. The Balaban J connectivity index is 2.14. The molecule has 0 saturated heterocycles. The number of nitrogens with one attached hydrogen (secondary N) is 1. The monoisotopic (exact) mass is 341 g/mol. The Kier molecular flexibility index (Phi) is 4.40. The van der Waals surface area contributed by atoms with Crippen molar-refractivity contribution < 1.29 is 13.9 Å². The average Bonchev–Trinajstić information content (AvgIpc) is 2.42. The van der Waals surface area contributed by atoms with Gasteiger partial charge in [-0.25, -0.2) is 8.78 Å². The van der Waals surface area contributed by atoms with E-state index in [1.807, 2.05) is 18.2 Å². The predicted octanol–water partition coefficient (Wildman–Crippen LogP) is 4.05. The molecule has 0 aliphatic heterocycles. The van der Waals surface area contributed by atoms with Gasteiger partial charge in [-0.15, -0.1) is 0 Å². The van der Waals surface area contributed by atoms with E-state index in [0.29, 0.717) is 5.56 Å². The maximum Gasteiger partial charge on any atom is 0.149 e. The van der Waals surface area contributed by atoms with Gasteiger partial charge in [0, 0.05) is 12.6 Å². The fourth-order valence-corrected chi connectivity index (χ4v) is 2.17. The van der Waals surface area contributed by atoms with Crippen molar-refractivity contribution in [3.8, 4) is 0 Å². The van der Waals surface area contributed by atoms with E-state index in [0.717, 1.165) is 6.07 Å². The van der Waals surface area contributed by atoms with Crippen molar-refractivity contribution in [3.05, 3.63) is 64.1 Å². The molecule has 0 fully saturated rings. The zero-order chi connectivity index (χ0) is 14.8. The molecule has 0 saturated carbocycles. The highest BCUT2D eigenvalue weighted by atomic mass is 79.9. The third kappa shape index (κ3) is 3.35. The van der Waals surface area contributed by atoms with Gasteiger partial charge < -0.3 is 10.4 Å². The molecule has 20 heavy (non-hydrogen) atoms. The lowest BCUT2D eigenvalue weighted by atomic mass is 9.96. The van der Waals surface area contributed by atoms with Gasteiger partial charge in [0.25, 0.3) is 0 Å². The number of rotatable bonds is 4.